The second kappa shape index (κ2) is 10.3. The molecular formula is C21H35NO5. The van der Waals surface area contributed by atoms with E-state index in [2.05, 4.69) is 4.90 Å². The molecule has 1 N–H and O–H groups in total. The number of aliphatic hydroxyl groups excluding tert-OH is 1. The van der Waals surface area contributed by atoms with E-state index < -0.39 is 6.10 Å². The predicted molar refractivity (Wildman–Crippen MR) is 106 cm³/mol. The first kappa shape index (κ1) is 22.0. The summed E-state index contributed by atoms with van der Waals surface area (Å²) in [5, 5.41) is 10.5. The maximum atomic E-state index is 10.5. The maximum absolute atomic E-state index is 10.5. The van der Waals surface area contributed by atoms with E-state index in [1.807, 2.05) is 39.0 Å². The number of hydrogen-bond donors (Lipinski definition) is 1. The molecule has 0 amide bonds. The summed E-state index contributed by atoms with van der Waals surface area (Å²) >= 11 is 0. The predicted octanol–water partition coefficient (Wildman–Crippen LogP) is 2.86. The second-order valence-electron chi connectivity index (χ2n) is 8.10. The van der Waals surface area contributed by atoms with E-state index in [1.165, 1.54) is 0 Å². The quantitative estimate of drug-likeness (QED) is 0.673. The zero-order valence-corrected chi connectivity index (χ0v) is 17.4. The Labute approximate surface area is 163 Å². The van der Waals surface area contributed by atoms with E-state index >= 15 is 0 Å². The lowest BCUT2D eigenvalue weighted by atomic mass is 10.1. The number of methoxy groups -OCH3 is 2. The third kappa shape index (κ3) is 7.66. The van der Waals surface area contributed by atoms with Crippen molar-refractivity contribution in [1.29, 1.82) is 0 Å². The standard InChI is InChI=1S/C21H35NO5/c1-21(2,3)27-15-17(23)13-22(14-18-7-6-10-26-18)12-16-8-9-19(24-4)20(11-16)25-5/h8-9,11,17-18,23H,6-7,10,12-15H2,1-5H3. The van der Waals surface area contributed by atoms with Crippen molar-refractivity contribution >= 4 is 0 Å². The van der Waals surface area contributed by atoms with Gasteiger partial charge in [-0.05, 0) is 51.3 Å². The highest BCUT2D eigenvalue weighted by Crippen LogP contribution is 2.28. The fourth-order valence-electron chi connectivity index (χ4n) is 3.21. The third-order valence-corrected chi connectivity index (χ3v) is 4.52. The number of ether oxygens (including phenoxy) is 4. The molecule has 1 saturated heterocycles. The molecule has 1 aromatic carbocycles. The van der Waals surface area contributed by atoms with E-state index in [4.69, 9.17) is 18.9 Å². The molecule has 27 heavy (non-hydrogen) atoms. The van der Waals surface area contributed by atoms with Crippen molar-refractivity contribution in [3.63, 3.8) is 0 Å². The molecule has 2 atom stereocenters. The lowest BCUT2D eigenvalue weighted by Crippen LogP contribution is -2.40. The molecule has 0 radical (unpaired) electrons. The lowest BCUT2D eigenvalue weighted by Gasteiger charge is -2.29. The van der Waals surface area contributed by atoms with Crippen molar-refractivity contribution < 1.29 is 24.1 Å². The van der Waals surface area contributed by atoms with Gasteiger partial charge in [0.2, 0.25) is 0 Å². The van der Waals surface area contributed by atoms with Gasteiger partial charge >= 0.3 is 0 Å². The summed E-state index contributed by atoms with van der Waals surface area (Å²) in [7, 11) is 3.27. The van der Waals surface area contributed by atoms with Gasteiger partial charge in [-0.3, -0.25) is 4.90 Å². The molecule has 0 aliphatic carbocycles. The third-order valence-electron chi connectivity index (χ3n) is 4.52. The smallest absolute Gasteiger partial charge is 0.161 e. The Morgan fingerprint density at radius 3 is 2.56 bits per heavy atom. The summed E-state index contributed by atoms with van der Waals surface area (Å²) in [5.74, 6) is 1.43. The average molecular weight is 382 g/mol. The van der Waals surface area contributed by atoms with E-state index in [1.54, 1.807) is 14.2 Å². The number of hydrogen-bond acceptors (Lipinski definition) is 6. The fraction of sp³-hybridized carbons (Fsp3) is 0.714. The molecule has 2 unspecified atom stereocenters. The molecule has 154 valence electrons. The lowest BCUT2D eigenvalue weighted by molar-refractivity contribution is -0.0594. The van der Waals surface area contributed by atoms with Crippen molar-refractivity contribution in [2.45, 2.75) is 58.0 Å². The molecule has 1 heterocycles. The van der Waals surface area contributed by atoms with Crippen LogP contribution in [0.2, 0.25) is 0 Å². The number of nitrogens with zero attached hydrogens (tertiary/aromatic N) is 1. The first-order valence-corrected chi connectivity index (χ1v) is 9.67. The normalized spacial score (nSPS) is 18.7. The van der Waals surface area contributed by atoms with Gasteiger partial charge in [0.15, 0.2) is 11.5 Å². The second-order valence-corrected chi connectivity index (χ2v) is 8.10. The molecule has 6 nitrogen and oxygen atoms in total. The average Bonchev–Trinajstić information content (AvgIpc) is 3.12. The van der Waals surface area contributed by atoms with Gasteiger partial charge in [-0.2, -0.15) is 0 Å². The summed E-state index contributed by atoms with van der Waals surface area (Å²) in [6.45, 7) is 9.15. The van der Waals surface area contributed by atoms with Crippen LogP contribution in [0.5, 0.6) is 11.5 Å². The van der Waals surface area contributed by atoms with Gasteiger partial charge in [0.05, 0.1) is 38.6 Å². The minimum atomic E-state index is -0.550. The van der Waals surface area contributed by atoms with Gasteiger partial charge in [-0.25, -0.2) is 0 Å². The van der Waals surface area contributed by atoms with Crippen molar-refractivity contribution in [3.8, 4) is 11.5 Å². The summed E-state index contributed by atoms with van der Waals surface area (Å²) in [4.78, 5) is 2.23. The Bertz CT molecular complexity index is 566. The Balaban J connectivity index is 2.02. The molecule has 0 bridgehead atoms. The first-order valence-electron chi connectivity index (χ1n) is 9.67. The molecule has 0 aromatic heterocycles. The summed E-state index contributed by atoms with van der Waals surface area (Å²) in [5.41, 5.74) is 0.846. The maximum Gasteiger partial charge on any atom is 0.161 e. The van der Waals surface area contributed by atoms with Crippen LogP contribution in [0.1, 0.15) is 39.2 Å². The van der Waals surface area contributed by atoms with Crippen LogP contribution < -0.4 is 9.47 Å². The van der Waals surface area contributed by atoms with Crippen molar-refractivity contribution in [2.24, 2.45) is 0 Å². The molecule has 0 spiro atoms. The SMILES string of the molecule is COc1ccc(CN(CC(O)COC(C)(C)C)CC2CCCO2)cc1OC. The van der Waals surface area contributed by atoms with Crippen LogP contribution in [0.3, 0.4) is 0 Å². The van der Waals surface area contributed by atoms with Gasteiger partial charge in [0.1, 0.15) is 0 Å². The zero-order valence-electron chi connectivity index (χ0n) is 17.4. The summed E-state index contributed by atoms with van der Waals surface area (Å²) in [6.07, 6.45) is 1.84. The van der Waals surface area contributed by atoms with Gasteiger partial charge in [-0.1, -0.05) is 6.07 Å². The molecule has 1 aromatic rings. The van der Waals surface area contributed by atoms with Crippen LogP contribution in [-0.2, 0) is 16.0 Å². The molecule has 2 rings (SSSR count). The van der Waals surface area contributed by atoms with Crippen molar-refractivity contribution in [1.82, 2.24) is 4.90 Å². The van der Waals surface area contributed by atoms with Gasteiger partial charge in [-0.15, -0.1) is 0 Å². The fourth-order valence-corrected chi connectivity index (χ4v) is 3.21. The monoisotopic (exact) mass is 381 g/mol. The number of rotatable bonds is 10. The minimum absolute atomic E-state index is 0.223. The zero-order chi connectivity index (χ0) is 19.9. The minimum Gasteiger partial charge on any atom is -0.493 e. The van der Waals surface area contributed by atoms with Crippen molar-refractivity contribution in [2.75, 3.05) is 40.5 Å². The molecular weight excluding hydrogens is 346 g/mol. The van der Waals surface area contributed by atoms with E-state index in [0.717, 1.165) is 31.6 Å². The van der Waals surface area contributed by atoms with E-state index in [-0.39, 0.29) is 11.7 Å². The first-order chi connectivity index (χ1) is 12.8. The topological polar surface area (TPSA) is 60.4 Å². The molecule has 6 heteroatoms. The van der Waals surface area contributed by atoms with Gasteiger partial charge < -0.3 is 24.1 Å². The Morgan fingerprint density at radius 2 is 1.96 bits per heavy atom. The Hall–Kier alpha value is -1.34. The molecule has 1 aliphatic heterocycles. The van der Waals surface area contributed by atoms with E-state index in [0.29, 0.717) is 31.2 Å². The van der Waals surface area contributed by atoms with Crippen LogP contribution >= 0.6 is 0 Å². The molecule has 1 fully saturated rings. The van der Waals surface area contributed by atoms with Crippen LogP contribution in [-0.4, -0.2) is 68.3 Å². The number of aliphatic hydroxyl groups is 1. The Morgan fingerprint density at radius 1 is 1.22 bits per heavy atom. The van der Waals surface area contributed by atoms with Crippen LogP contribution in [0.4, 0.5) is 0 Å². The van der Waals surface area contributed by atoms with Crippen molar-refractivity contribution in [3.05, 3.63) is 23.8 Å². The van der Waals surface area contributed by atoms with Gasteiger partial charge in [0.25, 0.3) is 0 Å². The van der Waals surface area contributed by atoms with Crippen LogP contribution in [0, 0.1) is 0 Å². The highest BCUT2D eigenvalue weighted by atomic mass is 16.5. The highest BCUT2D eigenvalue weighted by molar-refractivity contribution is 5.42. The van der Waals surface area contributed by atoms with Crippen LogP contribution in [0.25, 0.3) is 0 Å². The Kier molecular flexibility index (Phi) is 8.35. The van der Waals surface area contributed by atoms with Crippen LogP contribution in [0.15, 0.2) is 18.2 Å². The van der Waals surface area contributed by atoms with E-state index in [9.17, 15) is 5.11 Å². The van der Waals surface area contributed by atoms with Gasteiger partial charge in [0, 0.05) is 26.2 Å². The summed E-state index contributed by atoms with van der Waals surface area (Å²) in [6, 6.07) is 5.93. The largest absolute Gasteiger partial charge is 0.493 e. The molecule has 1 aliphatic rings. The summed E-state index contributed by atoms with van der Waals surface area (Å²) < 4.78 is 22.3. The number of benzene rings is 1. The highest BCUT2D eigenvalue weighted by Gasteiger charge is 2.22. The molecule has 0 saturated carbocycles.